The zero-order chi connectivity index (χ0) is 16.8. The largest absolute Gasteiger partial charge is 0.457 e. The monoisotopic (exact) mass is 315 g/mol. The zero-order valence-corrected chi connectivity index (χ0v) is 11.4. The Labute approximate surface area is 128 Å². The van der Waals surface area contributed by atoms with Crippen LogP contribution < -0.4 is 4.74 Å². The smallest absolute Gasteiger partial charge is 0.295 e. The molecule has 0 amide bonds. The van der Waals surface area contributed by atoms with Crippen LogP contribution in [-0.2, 0) is 0 Å². The molecule has 0 bridgehead atoms. The molecule has 3 rings (SSSR count). The van der Waals surface area contributed by atoms with Gasteiger partial charge in [-0.15, -0.1) is 0 Å². The van der Waals surface area contributed by atoms with Crippen LogP contribution in [0.2, 0.25) is 0 Å². The van der Waals surface area contributed by atoms with Crippen molar-refractivity contribution < 1.29 is 29.5 Å². The Morgan fingerprint density at radius 2 is 1.48 bits per heavy atom. The second-order valence-corrected chi connectivity index (χ2v) is 4.89. The Bertz CT molecular complexity index is 839. The van der Waals surface area contributed by atoms with E-state index >= 15 is 0 Å². The molecular formula is C15H9NO7. The van der Waals surface area contributed by atoms with E-state index in [1.54, 1.807) is 0 Å². The highest BCUT2D eigenvalue weighted by Gasteiger charge is 2.51. The predicted octanol–water partition coefficient (Wildman–Crippen LogP) is 1.45. The lowest BCUT2D eigenvalue weighted by molar-refractivity contribution is -0.384. The number of carbonyl (C=O) groups excluding carboxylic acids is 2. The van der Waals surface area contributed by atoms with Crippen molar-refractivity contribution in [3.63, 3.8) is 0 Å². The van der Waals surface area contributed by atoms with Crippen LogP contribution in [0.4, 0.5) is 5.69 Å². The molecule has 8 heteroatoms. The zero-order valence-electron chi connectivity index (χ0n) is 11.4. The van der Waals surface area contributed by atoms with E-state index in [1.807, 2.05) is 0 Å². The maximum atomic E-state index is 11.8. The number of ketones is 2. The summed E-state index contributed by atoms with van der Waals surface area (Å²) in [5, 5.41) is 29.5. The molecule has 0 saturated heterocycles. The maximum Gasteiger partial charge on any atom is 0.295 e. The third-order valence-electron chi connectivity index (χ3n) is 3.40. The first kappa shape index (κ1) is 14.8. The van der Waals surface area contributed by atoms with Gasteiger partial charge in [0.25, 0.3) is 11.5 Å². The first-order chi connectivity index (χ1) is 10.8. The molecule has 0 fully saturated rings. The number of aliphatic hydroxyl groups is 2. The molecule has 0 radical (unpaired) electrons. The van der Waals surface area contributed by atoms with Gasteiger partial charge in [0, 0.05) is 23.3 Å². The summed E-state index contributed by atoms with van der Waals surface area (Å²) in [6.45, 7) is 0. The minimum absolute atomic E-state index is 0.0996. The number of nitrogens with zero attached hydrogens (tertiary/aromatic N) is 1. The van der Waals surface area contributed by atoms with Crippen molar-refractivity contribution in [3.05, 3.63) is 63.7 Å². The summed E-state index contributed by atoms with van der Waals surface area (Å²) in [4.78, 5) is 33.5. The molecular weight excluding hydrogens is 306 g/mol. The summed E-state index contributed by atoms with van der Waals surface area (Å²) >= 11 is 0. The van der Waals surface area contributed by atoms with Gasteiger partial charge in [-0.3, -0.25) is 19.7 Å². The van der Waals surface area contributed by atoms with Crippen molar-refractivity contribution >= 4 is 17.3 Å². The van der Waals surface area contributed by atoms with Crippen LogP contribution in [0.5, 0.6) is 11.5 Å². The number of nitro benzene ring substituents is 1. The highest BCUT2D eigenvalue weighted by atomic mass is 16.6. The van der Waals surface area contributed by atoms with Crippen LogP contribution >= 0.6 is 0 Å². The molecule has 2 aromatic rings. The lowest BCUT2D eigenvalue weighted by Crippen LogP contribution is -2.40. The van der Waals surface area contributed by atoms with Crippen molar-refractivity contribution in [1.82, 2.24) is 0 Å². The van der Waals surface area contributed by atoms with Crippen LogP contribution in [0.1, 0.15) is 20.7 Å². The third kappa shape index (κ3) is 2.35. The van der Waals surface area contributed by atoms with Crippen molar-refractivity contribution in [2.75, 3.05) is 0 Å². The fourth-order valence-corrected chi connectivity index (χ4v) is 2.22. The van der Waals surface area contributed by atoms with Gasteiger partial charge in [0.05, 0.1) is 4.92 Å². The van der Waals surface area contributed by atoms with E-state index in [9.17, 15) is 29.9 Å². The topological polar surface area (TPSA) is 127 Å². The van der Waals surface area contributed by atoms with Crippen LogP contribution in [-0.4, -0.2) is 32.5 Å². The summed E-state index contributed by atoms with van der Waals surface area (Å²) < 4.78 is 5.44. The second kappa shape index (κ2) is 4.97. The normalized spacial score (nSPS) is 15.4. The molecule has 0 atom stereocenters. The van der Waals surface area contributed by atoms with Gasteiger partial charge in [-0.25, -0.2) is 0 Å². The van der Waals surface area contributed by atoms with E-state index in [-0.39, 0.29) is 28.3 Å². The fourth-order valence-electron chi connectivity index (χ4n) is 2.22. The number of ether oxygens (including phenoxy) is 1. The van der Waals surface area contributed by atoms with Crippen LogP contribution in [0.3, 0.4) is 0 Å². The number of carbonyl (C=O) groups is 2. The summed E-state index contributed by atoms with van der Waals surface area (Å²) in [6.07, 6.45) is 0. The first-order valence-electron chi connectivity index (χ1n) is 6.41. The maximum absolute atomic E-state index is 11.8. The minimum atomic E-state index is -3.05. The lowest BCUT2D eigenvalue weighted by atomic mass is 10.1. The van der Waals surface area contributed by atoms with Crippen molar-refractivity contribution in [2.45, 2.75) is 5.79 Å². The molecule has 1 aliphatic rings. The van der Waals surface area contributed by atoms with E-state index in [4.69, 9.17) is 4.74 Å². The van der Waals surface area contributed by atoms with Gasteiger partial charge >= 0.3 is 0 Å². The Kier molecular flexibility index (Phi) is 3.20. The quantitative estimate of drug-likeness (QED) is 0.380. The number of nitro groups is 1. The average molecular weight is 315 g/mol. The summed E-state index contributed by atoms with van der Waals surface area (Å²) in [6, 6.07) is 9.11. The Morgan fingerprint density at radius 1 is 0.913 bits per heavy atom. The molecule has 0 unspecified atom stereocenters. The van der Waals surface area contributed by atoms with Gasteiger partial charge < -0.3 is 14.9 Å². The van der Waals surface area contributed by atoms with E-state index in [2.05, 4.69) is 0 Å². The minimum Gasteiger partial charge on any atom is -0.457 e. The molecule has 8 nitrogen and oxygen atoms in total. The van der Waals surface area contributed by atoms with Gasteiger partial charge in [-0.05, 0) is 30.3 Å². The van der Waals surface area contributed by atoms with E-state index in [1.165, 1.54) is 42.5 Å². The molecule has 23 heavy (non-hydrogen) atoms. The Balaban J connectivity index is 1.89. The van der Waals surface area contributed by atoms with Gasteiger partial charge in [-0.1, -0.05) is 0 Å². The molecule has 116 valence electrons. The van der Waals surface area contributed by atoms with Crippen molar-refractivity contribution in [3.8, 4) is 11.5 Å². The van der Waals surface area contributed by atoms with E-state index in [0.717, 1.165) is 0 Å². The number of hydrogen-bond acceptors (Lipinski definition) is 7. The number of fused-ring (bicyclic) bond motifs is 1. The van der Waals surface area contributed by atoms with Gasteiger partial charge in [0.15, 0.2) is 0 Å². The van der Waals surface area contributed by atoms with Gasteiger partial charge in [0.1, 0.15) is 11.5 Å². The van der Waals surface area contributed by atoms with Crippen molar-refractivity contribution in [2.24, 2.45) is 0 Å². The molecule has 0 saturated carbocycles. The standard InChI is InChI=1S/C15H9NO7/c17-13-11-6-5-10(7-12(11)14(18)15(13,19)20)23-9-3-1-8(2-4-9)16(21)22/h1-7,19-20H. The highest BCUT2D eigenvalue weighted by Crippen LogP contribution is 2.33. The number of benzene rings is 2. The van der Waals surface area contributed by atoms with Crippen LogP contribution in [0, 0.1) is 10.1 Å². The second-order valence-electron chi connectivity index (χ2n) is 4.89. The van der Waals surface area contributed by atoms with Crippen LogP contribution in [0.15, 0.2) is 42.5 Å². The summed E-state index contributed by atoms with van der Waals surface area (Å²) in [7, 11) is 0. The predicted molar refractivity (Wildman–Crippen MR) is 75.4 cm³/mol. The molecule has 1 aliphatic carbocycles. The molecule has 0 aromatic heterocycles. The number of hydrogen-bond donors (Lipinski definition) is 2. The van der Waals surface area contributed by atoms with Crippen molar-refractivity contribution in [1.29, 1.82) is 0 Å². The van der Waals surface area contributed by atoms with Gasteiger partial charge in [-0.2, -0.15) is 0 Å². The Morgan fingerprint density at radius 3 is 2.09 bits per heavy atom. The van der Waals surface area contributed by atoms with E-state index < -0.39 is 22.3 Å². The summed E-state index contributed by atoms with van der Waals surface area (Å²) in [5.41, 5.74) is -0.354. The lowest BCUT2D eigenvalue weighted by Gasteiger charge is -2.08. The van der Waals surface area contributed by atoms with Gasteiger partial charge in [0.2, 0.25) is 11.6 Å². The van der Waals surface area contributed by atoms with E-state index in [0.29, 0.717) is 0 Å². The molecule has 0 heterocycles. The van der Waals surface area contributed by atoms with Crippen LogP contribution in [0.25, 0.3) is 0 Å². The molecule has 0 aliphatic heterocycles. The fraction of sp³-hybridized carbons (Fsp3) is 0.0667. The molecule has 2 aromatic carbocycles. The number of rotatable bonds is 3. The summed E-state index contributed by atoms with van der Waals surface area (Å²) in [5.74, 6) is -4.79. The Hall–Kier alpha value is -3.10. The average Bonchev–Trinajstić information content (AvgIpc) is 2.69. The number of Topliss-reactive ketones (excluding diaryl/α,β-unsaturated/α-hetero) is 2. The molecule has 0 spiro atoms. The highest BCUT2D eigenvalue weighted by molar-refractivity contribution is 6.30. The SMILES string of the molecule is O=C1c2ccc(Oc3ccc([N+](=O)[O-])cc3)cc2C(=O)C1(O)O. The number of non-ortho nitro benzene ring substituents is 1. The first-order valence-corrected chi connectivity index (χ1v) is 6.41. The molecule has 2 N–H and O–H groups in total. The third-order valence-corrected chi connectivity index (χ3v) is 3.40.